The average molecular weight is 486 g/mol. The number of aromatic nitrogens is 1. The maximum atomic E-state index is 13.9. The highest BCUT2D eigenvalue weighted by atomic mass is 32.2. The summed E-state index contributed by atoms with van der Waals surface area (Å²) in [5.41, 5.74) is 0.408. The van der Waals surface area contributed by atoms with Crippen LogP contribution in [0.15, 0.2) is 53.6 Å². The number of hydrogen-bond donors (Lipinski definition) is 1. The fourth-order valence-corrected chi connectivity index (χ4v) is 5.56. The van der Waals surface area contributed by atoms with E-state index in [1.54, 1.807) is 0 Å². The average Bonchev–Trinajstić information content (AvgIpc) is 3.20. The van der Waals surface area contributed by atoms with Gasteiger partial charge < -0.3 is 14.8 Å². The highest BCUT2D eigenvalue weighted by Gasteiger charge is 2.25. The minimum absolute atomic E-state index is 0.174. The summed E-state index contributed by atoms with van der Waals surface area (Å²) in [7, 11) is 0. The lowest BCUT2D eigenvalue weighted by Crippen LogP contribution is -2.44. The number of carbonyl (C=O) groups is 2. The SMILES string of the molecule is CCC1CCCCN1C(=O)CSc1cn(CCNC(=O)c2c(F)cccc2F)c2ccccc12. The third kappa shape index (κ3) is 5.27. The van der Waals surface area contributed by atoms with Gasteiger partial charge in [0.05, 0.1) is 5.75 Å². The molecule has 0 radical (unpaired) electrons. The van der Waals surface area contributed by atoms with Crippen molar-refractivity contribution >= 4 is 34.5 Å². The van der Waals surface area contributed by atoms with E-state index < -0.39 is 23.1 Å². The molecule has 1 aliphatic heterocycles. The van der Waals surface area contributed by atoms with Crippen LogP contribution in [0.4, 0.5) is 8.78 Å². The quantitative estimate of drug-likeness (QED) is 0.445. The molecular formula is C26H29F2N3O2S. The molecular weight excluding hydrogens is 456 g/mol. The van der Waals surface area contributed by atoms with Gasteiger partial charge in [0.1, 0.15) is 17.2 Å². The van der Waals surface area contributed by atoms with Crippen LogP contribution in [0.3, 0.4) is 0 Å². The van der Waals surface area contributed by atoms with E-state index in [2.05, 4.69) is 12.2 Å². The van der Waals surface area contributed by atoms with Crippen LogP contribution in [0.5, 0.6) is 0 Å². The number of halogens is 2. The molecule has 1 aromatic heterocycles. The molecule has 34 heavy (non-hydrogen) atoms. The van der Waals surface area contributed by atoms with E-state index in [-0.39, 0.29) is 12.5 Å². The molecule has 180 valence electrons. The summed E-state index contributed by atoms with van der Waals surface area (Å²) in [6, 6.07) is 11.6. The zero-order chi connectivity index (χ0) is 24.1. The molecule has 3 aromatic rings. The number of nitrogens with zero attached hydrogens (tertiary/aromatic N) is 2. The summed E-state index contributed by atoms with van der Waals surface area (Å²) in [4.78, 5) is 28.2. The molecule has 1 atom stereocenters. The summed E-state index contributed by atoms with van der Waals surface area (Å²) < 4.78 is 29.7. The zero-order valence-corrected chi connectivity index (χ0v) is 20.0. The maximum absolute atomic E-state index is 13.9. The fourth-order valence-electron chi connectivity index (χ4n) is 4.58. The van der Waals surface area contributed by atoms with Gasteiger partial charge in [-0.1, -0.05) is 31.2 Å². The second kappa shape index (κ2) is 11.0. The first-order valence-electron chi connectivity index (χ1n) is 11.7. The highest BCUT2D eigenvalue weighted by Crippen LogP contribution is 2.31. The van der Waals surface area contributed by atoms with Gasteiger partial charge in [0.15, 0.2) is 0 Å². The van der Waals surface area contributed by atoms with E-state index in [0.717, 1.165) is 53.7 Å². The van der Waals surface area contributed by atoms with Crippen molar-refractivity contribution in [1.29, 1.82) is 0 Å². The molecule has 1 unspecified atom stereocenters. The van der Waals surface area contributed by atoms with Gasteiger partial charge in [-0.2, -0.15) is 0 Å². The molecule has 2 aromatic carbocycles. The van der Waals surface area contributed by atoms with Crippen molar-refractivity contribution in [1.82, 2.24) is 14.8 Å². The molecule has 1 aliphatic rings. The Hall–Kier alpha value is -2.87. The molecule has 8 heteroatoms. The van der Waals surface area contributed by atoms with Crippen LogP contribution in [0.1, 0.15) is 43.0 Å². The van der Waals surface area contributed by atoms with E-state index in [9.17, 15) is 18.4 Å². The van der Waals surface area contributed by atoms with Crippen molar-refractivity contribution in [3.05, 3.63) is 65.9 Å². The van der Waals surface area contributed by atoms with Crippen molar-refractivity contribution in [3.63, 3.8) is 0 Å². The van der Waals surface area contributed by atoms with Gasteiger partial charge in [0, 0.05) is 47.7 Å². The first kappa shape index (κ1) is 24.3. The number of para-hydroxylation sites is 1. The second-order valence-electron chi connectivity index (χ2n) is 8.49. The Morgan fingerprint density at radius 1 is 1.09 bits per heavy atom. The van der Waals surface area contributed by atoms with Crippen LogP contribution >= 0.6 is 11.8 Å². The number of nitrogens with one attached hydrogen (secondary N) is 1. The summed E-state index contributed by atoms with van der Waals surface area (Å²) in [6.07, 6.45) is 6.29. The third-order valence-electron chi connectivity index (χ3n) is 6.35. The number of rotatable bonds is 8. The lowest BCUT2D eigenvalue weighted by Gasteiger charge is -2.35. The van der Waals surface area contributed by atoms with E-state index in [1.165, 1.54) is 24.2 Å². The molecule has 0 saturated carbocycles. The summed E-state index contributed by atoms with van der Waals surface area (Å²) in [6.45, 7) is 3.61. The maximum Gasteiger partial charge on any atom is 0.257 e. The van der Waals surface area contributed by atoms with Crippen molar-refractivity contribution in [2.45, 2.75) is 50.1 Å². The number of likely N-dealkylation sites (tertiary alicyclic amines) is 1. The van der Waals surface area contributed by atoms with Gasteiger partial charge >= 0.3 is 0 Å². The van der Waals surface area contributed by atoms with Crippen LogP contribution < -0.4 is 5.32 Å². The molecule has 2 heterocycles. The van der Waals surface area contributed by atoms with Crippen molar-refractivity contribution in [2.75, 3.05) is 18.8 Å². The second-order valence-corrected chi connectivity index (χ2v) is 9.51. The number of thioether (sulfide) groups is 1. The van der Waals surface area contributed by atoms with Crippen LogP contribution in [0, 0.1) is 11.6 Å². The Kier molecular flexibility index (Phi) is 7.88. The van der Waals surface area contributed by atoms with Gasteiger partial charge in [0.25, 0.3) is 5.91 Å². The Labute approximate surface area is 202 Å². The summed E-state index contributed by atoms with van der Waals surface area (Å²) in [5, 5.41) is 3.64. The molecule has 0 spiro atoms. The number of piperidine rings is 1. The van der Waals surface area contributed by atoms with Crippen molar-refractivity contribution < 1.29 is 18.4 Å². The topological polar surface area (TPSA) is 54.3 Å². The Morgan fingerprint density at radius 3 is 2.62 bits per heavy atom. The van der Waals surface area contributed by atoms with Gasteiger partial charge in [0.2, 0.25) is 5.91 Å². The molecule has 1 saturated heterocycles. The van der Waals surface area contributed by atoms with Crippen LogP contribution in [0.25, 0.3) is 10.9 Å². The first-order valence-corrected chi connectivity index (χ1v) is 12.7. The fraction of sp³-hybridized carbons (Fsp3) is 0.385. The number of carbonyl (C=O) groups excluding carboxylic acids is 2. The molecule has 0 aliphatic carbocycles. The van der Waals surface area contributed by atoms with Crippen LogP contribution in [-0.2, 0) is 11.3 Å². The largest absolute Gasteiger partial charge is 0.350 e. The standard InChI is InChI=1S/C26H29F2N3O2S/c1-2-18-8-5-6-14-31(18)24(32)17-34-23-16-30(22-12-4-3-9-19(22)23)15-13-29-26(33)25-20(27)10-7-11-21(25)28/h3-4,7,9-12,16,18H,2,5-6,8,13-15,17H2,1H3,(H,29,33). The van der Waals surface area contributed by atoms with Gasteiger partial charge in [-0.05, 0) is 43.9 Å². The molecule has 2 amide bonds. The van der Waals surface area contributed by atoms with Gasteiger partial charge in [-0.15, -0.1) is 11.8 Å². The third-order valence-corrected chi connectivity index (χ3v) is 7.38. The Morgan fingerprint density at radius 2 is 1.85 bits per heavy atom. The predicted molar refractivity (Wildman–Crippen MR) is 131 cm³/mol. The summed E-state index contributed by atoms with van der Waals surface area (Å²) in [5.74, 6) is -1.99. The molecule has 5 nitrogen and oxygen atoms in total. The number of hydrogen-bond acceptors (Lipinski definition) is 3. The van der Waals surface area contributed by atoms with Crippen LogP contribution in [-0.4, -0.2) is 46.2 Å². The minimum atomic E-state index is -0.883. The molecule has 4 rings (SSSR count). The molecule has 0 bridgehead atoms. The Balaban J connectivity index is 1.41. The first-order chi connectivity index (χ1) is 16.5. The normalized spacial score (nSPS) is 16.1. The van der Waals surface area contributed by atoms with E-state index in [0.29, 0.717) is 18.3 Å². The van der Waals surface area contributed by atoms with Crippen molar-refractivity contribution in [2.24, 2.45) is 0 Å². The number of amides is 2. The van der Waals surface area contributed by atoms with Gasteiger partial charge in [-0.25, -0.2) is 8.78 Å². The van der Waals surface area contributed by atoms with Gasteiger partial charge in [-0.3, -0.25) is 9.59 Å². The zero-order valence-electron chi connectivity index (χ0n) is 19.2. The monoisotopic (exact) mass is 485 g/mol. The highest BCUT2D eigenvalue weighted by molar-refractivity contribution is 8.00. The van der Waals surface area contributed by atoms with Crippen molar-refractivity contribution in [3.8, 4) is 0 Å². The van der Waals surface area contributed by atoms with E-state index in [1.807, 2.05) is 39.9 Å². The lowest BCUT2D eigenvalue weighted by molar-refractivity contribution is -0.132. The summed E-state index contributed by atoms with van der Waals surface area (Å²) >= 11 is 1.53. The molecule has 1 N–H and O–H groups in total. The predicted octanol–water partition coefficient (Wildman–Crippen LogP) is 5.23. The van der Waals surface area contributed by atoms with E-state index >= 15 is 0 Å². The minimum Gasteiger partial charge on any atom is -0.350 e. The number of fused-ring (bicyclic) bond motifs is 1. The van der Waals surface area contributed by atoms with E-state index in [4.69, 9.17) is 0 Å². The molecule has 1 fully saturated rings. The number of benzene rings is 2. The van der Waals surface area contributed by atoms with Crippen LogP contribution in [0.2, 0.25) is 0 Å². The lowest BCUT2D eigenvalue weighted by atomic mass is 10.0. The Bertz CT molecular complexity index is 1160. The smallest absolute Gasteiger partial charge is 0.257 e.